The van der Waals surface area contributed by atoms with Gasteiger partial charge in [-0.2, -0.15) is 0 Å². The van der Waals surface area contributed by atoms with Crippen molar-refractivity contribution in [2.75, 3.05) is 0 Å². The molecule has 0 unspecified atom stereocenters. The number of alkyl halides is 3. The van der Waals surface area contributed by atoms with Crippen LogP contribution in [0.4, 0.5) is 13.2 Å². The van der Waals surface area contributed by atoms with E-state index in [4.69, 9.17) is 0 Å². The van der Waals surface area contributed by atoms with Crippen molar-refractivity contribution in [3.05, 3.63) is 35.4 Å². The van der Waals surface area contributed by atoms with Crippen LogP contribution in [0.25, 0.3) is 6.08 Å². The van der Waals surface area contributed by atoms with Crippen molar-refractivity contribution in [3.8, 4) is 5.75 Å². The largest absolute Gasteiger partial charge is 0.573 e. The van der Waals surface area contributed by atoms with E-state index in [9.17, 15) is 13.2 Å². The zero-order valence-electron chi connectivity index (χ0n) is 12.4. The molecule has 0 heterocycles. The maximum absolute atomic E-state index is 12.1. The zero-order chi connectivity index (χ0) is 15.5. The monoisotopic (exact) mass is 298 g/mol. The van der Waals surface area contributed by atoms with Gasteiger partial charge in [0.05, 0.1) is 0 Å². The number of allylic oxidation sites excluding steroid dienone is 1. The van der Waals surface area contributed by atoms with E-state index >= 15 is 0 Å². The summed E-state index contributed by atoms with van der Waals surface area (Å²) in [6.45, 7) is 4.53. The van der Waals surface area contributed by atoms with Crippen molar-refractivity contribution < 1.29 is 17.9 Å². The Balaban J connectivity index is 1.96. The van der Waals surface area contributed by atoms with E-state index in [-0.39, 0.29) is 5.75 Å². The predicted molar refractivity (Wildman–Crippen MR) is 77.9 cm³/mol. The molecule has 0 radical (unpaired) electrons. The highest BCUT2D eigenvalue weighted by Crippen LogP contribution is 2.34. The Kier molecular flexibility index (Phi) is 4.96. The minimum atomic E-state index is -4.63. The number of halogens is 3. The Morgan fingerprint density at radius 2 is 1.67 bits per heavy atom. The summed E-state index contributed by atoms with van der Waals surface area (Å²) >= 11 is 0. The number of benzene rings is 1. The molecule has 4 heteroatoms. The highest BCUT2D eigenvalue weighted by Gasteiger charge is 2.30. The summed E-state index contributed by atoms with van der Waals surface area (Å²) in [6.07, 6.45) is 2.05. The maximum atomic E-state index is 12.1. The summed E-state index contributed by atoms with van der Waals surface area (Å²) in [4.78, 5) is 0. The van der Waals surface area contributed by atoms with Gasteiger partial charge in [0.2, 0.25) is 0 Å². The molecule has 1 aliphatic rings. The van der Waals surface area contributed by atoms with Crippen molar-refractivity contribution in [1.82, 2.24) is 0 Å². The first-order valence-corrected chi connectivity index (χ1v) is 7.39. The summed E-state index contributed by atoms with van der Waals surface area (Å²) in [5.74, 6) is 1.35. The molecule has 116 valence electrons. The molecule has 1 aromatic rings. The lowest BCUT2D eigenvalue weighted by Gasteiger charge is -2.27. The van der Waals surface area contributed by atoms with Gasteiger partial charge in [-0.05, 0) is 55.2 Å². The second kappa shape index (κ2) is 6.54. The summed E-state index contributed by atoms with van der Waals surface area (Å²) in [6, 6.07) is 6.06. The topological polar surface area (TPSA) is 9.23 Å². The molecule has 0 N–H and O–H groups in total. The lowest BCUT2D eigenvalue weighted by Crippen LogP contribution is -2.16. The summed E-state index contributed by atoms with van der Waals surface area (Å²) in [7, 11) is 0. The van der Waals surface area contributed by atoms with Crippen LogP contribution in [0.15, 0.2) is 29.8 Å². The van der Waals surface area contributed by atoms with Gasteiger partial charge in [-0.3, -0.25) is 0 Å². The number of hydrogen-bond donors (Lipinski definition) is 0. The van der Waals surface area contributed by atoms with Crippen molar-refractivity contribution >= 4 is 6.08 Å². The van der Waals surface area contributed by atoms with Gasteiger partial charge >= 0.3 is 6.36 Å². The zero-order valence-corrected chi connectivity index (χ0v) is 12.4. The van der Waals surface area contributed by atoms with Crippen LogP contribution in [-0.2, 0) is 0 Å². The third-order valence-electron chi connectivity index (χ3n) is 4.10. The number of hydrogen-bond acceptors (Lipinski definition) is 1. The Hall–Kier alpha value is -1.45. The van der Waals surface area contributed by atoms with E-state index < -0.39 is 6.36 Å². The lowest BCUT2D eigenvalue weighted by molar-refractivity contribution is -0.274. The summed E-state index contributed by atoms with van der Waals surface area (Å²) < 4.78 is 40.1. The third kappa shape index (κ3) is 5.10. The third-order valence-corrected chi connectivity index (χ3v) is 4.10. The Morgan fingerprint density at radius 1 is 1.10 bits per heavy atom. The lowest BCUT2D eigenvalue weighted by atomic mass is 9.79. The van der Waals surface area contributed by atoms with E-state index in [0.717, 1.165) is 30.2 Å². The van der Waals surface area contributed by atoms with E-state index in [0.29, 0.717) is 0 Å². The van der Waals surface area contributed by atoms with Gasteiger partial charge in [0.15, 0.2) is 0 Å². The molecule has 0 aromatic heterocycles. The summed E-state index contributed by atoms with van der Waals surface area (Å²) in [5, 5.41) is 0. The van der Waals surface area contributed by atoms with Crippen molar-refractivity contribution in [2.45, 2.75) is 45.9 Å². The maximum Gasteiger partial charge on any atom is 0.573 e. The fourth-order valence-electron chi connectivity index (χ4n) is 2.82. The van der Waals surface area contributed by atoms with Crippen molar-refractivity contribution in [1.29, 1.82) is 0 Å². The van der Waals surface area contributed by atoms with E-state index in [1.54, 1.807) is 12.1 Å². The second-order valence-electron chi connectivity index (χ2n) is 6.00. The first kappa shape index (κ1) is 15.9. The van der Waals surface area contributed by atoms with Gasteiger partial charge in [0.25, 0.3) is 0 Å². The number of rotatable bonds is 3. The number of ether oxygens (including phenoxy) is 1. The van der Waals surface area contributed by atoms with Crippen LogP contribution in [0, 0.1) is 11.8 Å². The average molecular weight is 298 g/mol. The van der Waals surface area contributed by atoms with Gasteiger partial charge in [0, 0.05) is 0 Å². The SMILES string of the molecule is CC(C)C1CCC(=Cc2ccc(OC(F)(F)F)cc2)CC1. The standard InChI is InChI=1S/C17H21F3O/c1-12(2)15-7-3-13(4-8-15)11-14-5-9-16(10-6-14)21-17(18,19)20/h5-6,9-12,15H,3-4,7-8H2,1-2H3. The molecule has 0 atom stereocenters. The van der Waals surface area contributed by atoms with Crippen LogP contribution in [0.5, 0.6) is 5.75 Å². The molecule has 1 nitrogen and oxygen atoms in total. The minimum Gasteiger partial charge on any atom is -0.406 e. The highest BCUT2D eigenvalue weighted by atomic mass is 19.4. The van der Waals surface area contributed by atoms with E-state index in [1.165, 1.54) is 30.5 Å². The van der Waals surface area contributed by atoms with Gasteiger partial charge < -0.3 is 4.74 Å². The van der Waals surface area contributed by atoms with Crippen LogP contribution in [-0.4, -0.2) is 6.36 Å². The molecule has 0 aliphatic heterocycles. The smallest absolute Gasteiger partial charge is 0.406 e. The molecule has 0 bridgehead atoms. The molecule has 0 spiro atoms. The van der Waals surface area contributed by atoms with Gasteiger partial charge in [-0.1, -0.05) is 37.6 Å². The van der Waals surface area contributed by atoms with Crippen molar-refractivity contribution in [2.24, 2.45) is 11.8 Å². The van der Waals surface area contributed by atoms with Crippen LogP contribution in [0.1, 0.15) is 45.1 Å². The Labute approximate surface area is 123 Å². The quantitative estimate of drug-likeness (QED) is 0.683. The van der Waals surface area contributed by atoms with Gasteiger partial charge in [-0.25, -0.2) is 0 Å². The first-order chi connectivity index (χ1) is 9.83. The first-order valence-electron chi connectivity index (χ1n) is 7.39. The second-order valence-corrected chi connectivity index (χ2v) is 6.00. The minimum absolute atomic E-state index is 0.173. The van der Waals surface area contributed by atoms with Crippen LogP contribution < -0.4 is 4.74 Å². The molecule has 2 rings (SSSR count). The molecule has 1 fully saturated rings. The molecule has 21 heavy (non-hydrogen) atoms. The van der Waals surface area contributed by atoms with Crippen LogP contribution in [0.3, 0.4) is 0 Å². The molecular weight excluding hydrogens is 277 g/mol. The highest BCUT2D eigenvalue weighted by molar-refractivity contribution is 5.54. The average Bonchev–Trinajstić information content (AvgIpc) is 2.40. The van der Waals surface area contributed by atoms with Crippen LogP contribution in [0.2, 0.25) is 0 Å². The van der Waals surface area contributed by atoms with Crippen LogP contribution >= 0.6 is 0 Å². The Bertz CT molecular complexity index is 476. The fraction of sp³-hybridized carbons (Fsp3) is 0.529. The molecule has 1 aromatic carbocycles. The van der Waals surface area contributed by atoms with Crippen molar-refractivity contribution in [3.63, 3.8) is 0 Å². The van der Waals surface area contributed by atoms with Gasteiger partial charge in [-0.15, -0.1) is 13.2 Å². The van der Waals surface area contributed by atoms with Gasteiger partial charge in [0.1, 0.15) is 5.75 Å². The normalized spacial score (nSPS) is 19.7. The molecule has 1 saturated carbocycles. The Morgan fingerprint density at radius 3 is 2.14 bits per heavy atom. The molecular formula is C17H21F3O. The predicted octanol–water partition coefficient (Wildman–Crippen LogP) is 5.81. The molecule has 1 aliphatic carbocycles. The molecule has 0 amide bonds. The summed E-state index contributed by atoms with van der Waals surface area (Å²) in [5.41, 5.74) is 2.32. The molecule has 0 saturated heterocycles. The van der Waals surface area contributed by atoms with E-state index in [1.807, 2.05) is 0 Å². The fourth-order valence-corrected chi connectivity index (χ4v) is 2.82. The van der Waals surface area contributed by atoms with E-state index in [2.05, 4.69) is 24.7 Å².